The maximum absolute atomic E-state index is 13.9. The molecule has 0 radical (unpaired) electrons. The highest BCUT2D eigenvalue weighted by atomic mass is 32.1. The Hall–Kier alpha value is -2.50. The summed E-state index contributed by atoms with van der Waals surface area (Å²) in [4.78, 5) is 13.6. The predicted molar refractivity (Wildman–Crippen MR) is 94.9 cm³/mol. The smallest absolute Gasteiger partial charge is 0.239 e. The van der Waals surface area contributed by atoms with Crippen molar-refractivity contribution in [1.82, 2.24) is 5.32 Å². The first-order chi connectivity index (χ1) is 11.6. The number of nitrogens with one attached hydrogen (secondary N) is 1. The van der Waals surface area contributed by atoms with Gasteiger partial charge in [0.15, 0.2) is 0 Å². The molecule has 3 nitrogen and oxygen atoms in total. The molecule has 3 aromatic rings. The molecule has 0 bridgehead atoms. The van der Waals surface area contributed by atoms with E-state index in [-0.39, 0.29) is 5.82 Å². The Morgan fingerprint density at radius 3 is 2.46 bits per heavy atom. The second kappa shape index (κ2) is 7.38. The molecule has 0 spiro atoms. The standard InChI is InChI=1S/C19H17FN2OS/c20-16-9-5-4-8-15(16)17-11-10-14(24-17)12-22-18(19(21)23)13-6-2-1-3-7-13/h1-11,18,22H,12H2,(H2,21,23)/t18-/m1/s1. The van der Waals surface area contributed by atoms with E-state index in [0.717, 1.165) is 15.3 Å². The maximum atomic E-state index is 13.9. The van der Waals surface area contributed by atoms with Gasteiger partial charge in [-0.3, -0.25) is 10.1 Å². The molecule has 0 unspecified atom stereocenters. The third kappa shape index (κ3) is 3.69. The van der Waals surface area contributed by atoms with Crippen molar-refractivity contribution in [3.63, 3.8) is 0 Å². The third-order valence-electron chi connectivity index (χ3n) is 3.70. The van der Waals surface area contributed by atoms with E-state index >= 15 is 0 Å². The highest BCUT2D eigenvalue weighted by Crippen LogP contribution is 2.30. The number of nitrogens with two attached hydrogens (primary N) is 1. The molecule has 2 aromatic carbocycles. The van der Waals surface area contributed by atoms with Crippen molar-refractivity contribution < 1.29 is 9.18 Å². The number of hydrogen-bond acceptors (Lipinski definition) is 3. The molecule has 1 amide bonds. The van der Waals surface area contributed by atoms with Crippen LogP contribution in [-0.2, 0) is 11.3 Å². The van der Waals surface area contributed by atoms with Crippen LogP contribution in [0.4, 0.5) is 4.39 Å². The van der Waals surface area contributed by atoms with Crippen molar-refractivity contribution in [2.45, 2.75) is 12.6 Å². The lowest BCUT2D eigenvalue weighted by atomic mass is 10.1. The first kappa shape index (κ1) is 16.4. The molecule has 0 saturated heterocycles. The summed E-state index contributed by atoms with van der Waals surface area (Å²) in [5.74, 6) is -0.662. The summed E-state index contributed by atoms with van der Waals surface area (Å²) in [7, 11) is 0. The van der Waals surface area contributed by atoms with Crippen LogP contribution in [0.1, 0.15) is 16.5 Å². The van der Waals surface area contributed by atoms with Gasteiger partial charge >= 0.3 is 0 Å². The number of halogens is 1. The first-order valence-electron chi connectivity index (χ1n) is 7.56. The summed E-state index contributed by atoms with van der Waals surface area (Å²) in [5, 5.41) is 3.17. The Labute approximate surface area is 143 Å². The van der Waals surface area contributed by atoms with E-state index in [1.807, 2.05) is 48.5 Å². The Kier molecular flexibility index (Phi) is 5.03. The van der Waals surface area contributed by atoms with Crippen LogP contribution in [-0.4, -0.2) is 5.91 Å². The second-order valence-corrected chi connectivity index (χ2v) is 6.54. The van der Waals surface area contributed by atoms with Crippen molar-refractivity contribution in [1.29, 1.82) is 0 Å². The van der Waals surface area contributed by atoms with Crippen molar-refractivity contribution in [3.05, 3.63) is 83.0 Å². The van der Waals surface area contributed by atoms with Gasteiger partial charge in [-0.1, -0.05) is 48.5 Å². The zero-order chi connectivity index (χ0) is 16.9. The average molecular weight is 340 g/mol. The summed E-state index contributed by atoms with van der Waals surface area (Å²) >= 11 is 1.49. The highest BCUT2D eigenvalue weighted by molar-refractivity contribution is 7.15. The van der Waals surface area contributed by atoms with E-state index in [1.54, 1.807) is 12.1 Å². The summed E-state index contributed by atoms with van der Waals surface area (Å²) in [5.41, 5.74) is 6.92. The Morgan fingerprint density at radius 1 is 1.04 bits per heavy atom. The van der Waals surface area contributed by atoms with Crippen molar-refractivity contribution in [3.8, 4) is 10.4 Å². The SMILES string of the molecule is NC(=O)[C@H](NCc1ccc(-c2ccccc2F)s1)c1ccccc1. The number of thiophene rings is 1. The lowest BCUT2D eigenvalue weighted by Gasteiger charge is -2.15. The molecular weight excluding hydrogens is 323 g/mol. The molecule has 5 heteroatoms. The summed E-state index contributed by atoms with van der Waals surface area (Å²) in [6.07, 6.45) is 0. The molecule has 3 rings (SSSR count). The maximum Gasteiger partial charge on any atom is 0.239 e. The second-order valence-electron chi connectivity index (χ2n) is 5.37. The minimum Gasteiger partial charge on any atom is -0.368 e. The van der Waals surface area contributed by atoms with Crippen LogP contribution in [0.25, 0.3) is 10.4 Å². The van der Waals surface area contributed by atoms with Crippen LogP contribution >= 0.6 is 11.3 Å². The van der Waals surface area contributed by atoms with E-state index in [0.29, 0.717) is 12.1 Å². The molecule has 1 atom stereocenters. The normalized spacial score (nSPS) is 12.0. The molecule has 1 aromatic heterocycles. The molecule has 0 aliphatic heterocycles. The number of rotatable bonds is 6. The van der Waals surface area contributed by atoms with E-state index in [4.69, 9.17) is 5.73 Å². The predicted octanol–water partition coefficient (Wildman–Crippen LogP) is 3.87. The third-order valence-corrected chi connectivity index (χ3v) is 4.82. The Morgan fingerprint density at radius 2 is 1.75 bits per heavy atom. The number of carbonyl (C=O) groups excluding carboxylic acids is 1. The van der Waals surface area contributed by atoms with E-state index < -0.39 is 11.9 Å². The van der Waals surface area contributed by atoms with E-state index in [1.165, 1.54) is 17.4 Å². The molecular formula is C19H17FN2OS. The topological polar surface area (TPSA) is 55.1 Å². The van der Waals surface area contributed by atoms with Gasteiger partial charge in [-0.2, -0.15) is 0 Å². The molecule has 0 aliphatic carbocycles. The van der Waals surface area contributed by atoms with Gasteiger partial charge in [0.05, 0.1) is 0 Å². The minimum atomic E-state index is -0.551. The van der Waals surface area contributed by atoms with Gasteiger partial charge in [0, 0.05) is 21.9 Å². The Balaban J connectivity index is 1.73. The molecule has 122 valence electrons. The van der Waals surface area contributed by atoms with Gasteiger partial charge in [0.2, 0.25) is 5.91 Å². The van der Waals surface area contributed by atoms with Crippen molar-refractivity contribution in [2.75, 3.05) is 0 Å². The van der Waals surface area contributed by atoms with Gasteiger partial charge in [-0.25, -0.2) is 4.39 Å². The minimum absolute atomic E-state index is 0.238. The van der Waals surface area contributed by atoms with Crippen LogP contribution in [0.2, 0.25) is 0 Å². The lowest BCUT2D eigenvalue weighted by Crippen LogP contribution is -2.33. The van der Waals surface area contributed by atoms with E-state index in [9.17, 15) is 9.18 Å². The van der Waals surface area contributed by atoms with Gasteiger partial charge in [0.1, 0.15) is 11.9 Å². The Bertz CT molecular complexity index is 832. The fraction of sp³-hybridized carbons (Fsp3) is 0.105. The number of amides is 1. The molecule has 0 aliphatic rings. The summed E-state index contributed by atoms with van der Waals surface area (Å²) < 4.78 is 13.9. The number of primary amides is 1. The molecule has 24 heavy (non-hydrogen) atoms. The van der Waals surface area contributed by atoms with Crippen molar-refractivity contribution >= 4 is 17.2 Å². The zero-order valence-corrected chi connectivity index (χ0v) is 13.7. The largest absolute Gasteiger partial charge is 0.368 e. The first-order valence-corrected chi connectivity index (χ1v) is 8.38. The quantitative estimate of drug-likeness (QED) is 0.716. The summed E-state index contributed by atoms with van der Waals surface area (Å²) in [6.45, 7) is 0.488. The van der Waals surface area contributed by atoms with Crippen LogP contribution in [0, 0.1) is 5.82 Å². The van der Waals surface area contributed by atoms with Crippen LogP contribution in [0.3, 0.4) is 0 Å². The zero-order valence-electron chi connectivity index (χ0n) is 12.9. The van der Waals surface area contributed by atoms with E-state index in [2.05, 4.69) is 5.32 Å². The number of benzene rings is 2. The molecule has 0 saturated carbocycles. The molecule has 0 fully saturated rings. The summed E-state index contributed by atoms with van der Waals surface area (Å²) in [6, 6.07) is 19.3. The number of carbonyl (C=O) groups is 1. The van der Waals surface area contributed by atoms with Crippen molar-refractivity contribution in [2.24, 2.45) is 5.73 Å². The number of hydrogen-bond donors (Lipinski definition) is 2. The average Bonchev–Trinajstić information content (AvgIpc) is 3.05. The van der Waals surface area contributed by atoms with Crippen LogP contribution in [0.15, 0.2) is 66.7 Å². The highest BCUT2D eigenvalue weighted by Gasteiger charge is 2.17. The molecule has 3 N–H and O–H groups in total. The van der Waals surface area contributed by atoms with Gasteiger partial charge in [0.25, 0.3) is 0 Å². The fourth-order valence-electron chi connectivity index (χ4n) is 2.51. The lowest BCUT2D eigenvalue weighted by molar-refractivity contribution is -0.120. The van der Waals surface area contributed by atoms with Crippen LogP contribution < -0.4 is 11.1 Å². The van der Waals surface area contributed by atoms with Crippen LogP contribution in [0.5, 0.6) is 0 Å². The monoisotopic (exact) mass is 340 g/mol. The molecule has 1 heterocycles. The van der Waals surface area contributed by atoms with Gasteiger partial charge in [-0.15, -0.1) is 11.3 Å². The fourth-order valence-corrected chi connectivity index (χ4v) is 3.50. The van der Waals surface area contributed by atoms with Gasteiger partial charge in [-0.05, 0) is 23.8 Å². The van der Waals surface area contributed by atoms with Gasteiger partial charge < -0.3 is 5.73 Å².